The Hall–Kier alpha value is -0.910. The topological polar surface area (TPSA) is 52.9 Å². The molecule has 0 unspecified atom stereocenters. The number of aryl methyl sites for hydroxylation is 1. The van der Waals surface area contributed by atoms with E-state index >= 15 is 0 Å². The lowest BCUT2D eigenvalue weighted by Gasteiger charge is -2.06. The number of anilines is 1. The molecular formula is C15H10BrIN2OS. The fourth-order valence-corrected chi connectivity index (χ4v) is 4.61. The van der Waals surface area contributed by atoms with Crippen LogP contribution in [0.25, 0.3) is 0 Å². The van der Waals surface area contributed by atoms with Crippen molar-refractivity contribution >= 4 is 60.8 Å². The summed E-state index contributed by atoms with van der Waals surface area (Å²) in [6.45, 7) is 0. The maximum absolute atomic E-state index is 12.4. The van der Waals surface area contributed by atoms with Crippen molar-refractivity contribution in [3.8, 4) is 6.07 Å². The summed E-state index contributed by atoms with van der Waals surface area (Å²) in [4.78, 5) is 13.7. The van der Waals surface area contributed by atoms with E-state index in [-0.39, 0.29) is 5.91 Å². The van der Waals surface area contributed by atoms with E-state index in [0.717, 1.165) is 32.9 Å². The molecule has 1 amide bonds. The molecule has 0 saturated carbocycles. The molecule has 0 spiro atoms. The Kier molecular flexibility index (Phi) is 4.33. The Bertz CT molecular complexity index is 779. The van der Waals surface area contributed by atoms with E-state index in [0.29, 0.717) is 16.1 Å². The van der Waals surface area contributed by atoms with Gasteiger partial charge in [-0.25, -0.2) is 0 Å². The third kappa shape index (κ3) is 2.87. The highest BCUT2D eigenvalue weighted by molar-refractivity contribution is 14.1. The van der Waals surface area contributed by atoms with Crippen LogP contribution in [0.15, 0.2) is 22.7 Å². The molecule has 1 aromatic heterocycles. The number of halogens is 2. The van der Waals surface area contributed by atoms with Gasteiger partial charge in [-0.15, -0.1) is 11.3 Å². The van der Waals surface area contributed by atoms with E-state index in [9.17, 15) is 10.1 Å². The molecule has 21 heavy (non-hydrogen) atoms. The number of rotatable bonds is 2. The van der Waals surface area contributed by atoms with Crippen molar-refractivity contribution in [3.63, 3.8) is 0 Å². The Labute approximate surface area is 148 Å². The van der Waals surface area contributed by atoms with Gasteiger partial charge in [-0.3, -0.25) is 4.79 Å². The van der Waals surface area contributed by atoms with Crippen molar-refractivity contribution in [2.24, 2.45) is 0 Å². The number of carbonyl (C=O) groups excluding carboxylic acids is 1. The summed E-state index contributed by atoms with van der Waals surface area (Å²) in [5, 5.41) is 12.9. The molecule has 1 aliphatic carbocycles. The van der Waals surface area contributed by atoms with Gasteiger partial charge in [0, 0.05) is 12.9 Å². The Morgan fingerprint density at radius 2 is 2.24 bits per heavy atom. The predicted molar refractivity (Wildman–Crippen MR) is 95.9 cm³/mol. The first-order valence-corrected chi connectivity index (χ1v) is 9.10. The summed E-state index contributed by atoms with van der Waals surface area (Å²) in [5.74, 6) is -0.184. The van der Waals surface area contributed by atoms with Crippen LogP contribution in [0.2, 0.25) is 0 Å². The molecule has 1 N–H and O–H groups in total. The maximum atomic E-state index is 12.4. The molecule has 3 rings (SSSR count). The smallest absolute Gasteiger partial charge is 0.257 e. The molecule has 0 radical (unpaired) electrons. The predicted octanol–water partition coefficient (Wildman–Crippen LogP) is 4.73. The molecule has 1 aromatic carbocycles. The van der Waals surface area contributed by atoms with Crippen molar-refractivity contribution in [1.82, 2.24) is 0 Å². The lowest BCUT2D eigenvalue weighted by Crippen LogP contribution is -2.12. The number of benzene rings is 1. The lowest BCUT2D eigenvalue weighted by atomic mass is 10.1. The summed E-state index contributed by atoms with van der Waals surface area (Å²) in [6.07, 6.45) is 3.06. The van der Waals surface area contributed by atoms with Crippen molar-refractivity contribution in [1.29, 1.82) is 5.26 Å². The largest absolute Gasteiger partial charge is 0.312 e. The van der Waals surface area contributed by atoms with Gasteiger partial charge in [-0.1, -0.05) is 0 Å². The molecule has 2 aromatic rings. The third-order valence-electron chi connectivity index (χ3n) is 3.43. The van der Waals surface area contributed by atoms with E-state index in [1.165, 1.54) is 16.2 Å². The minimum absolute atomic E-state index is 0.184. The molecule has 0 bridgehead atoms. The monoisotopic (exact) mass is 472 g/mol. The first-order chi connectivity index (χ1) is 10.1. The minimum Gasteiger partial charge on any atom is -0.312 e. The van der Waals surface area contributed by atoms with Gasteiger partial charge in [0.2, 0.25) is 0 Å². The first kappa shape index (κ1) is 15.0. The molecule has 0 aliphatic heterocycles. The van der Waals surface area contributed by atoms with Crippen LogP contribution in [-0.4, -0.2) is 5.91 Å². The second-order valence-corrected chi connectivity index (χ2v) is 7.96. The highest BCUT2D eigenvalue weighted by Crippen LogP contribution is 2.38. The molecule has 1 heterocycles. The van der Waals surface area contributed by atoms with E-state index in [2.05, 4.69) is 49.9 Å². The lowest BCUT2D eigenvalue weighted by molar-refractivity contribution is 0.102. The Balaban J connectivity index is 1.92. The number of thiophene rings is 1. The quantitative estimate of drug-likeness (QED) is 0.642. The van der Waals surface area contributed by atoms with Crippen molar-refractivity contribution in [2.75, 3.05) is 5.32 Å². The fourth-order valence-electron chi connectivity index (χ4n) is 2.45. The third-order valence-corrected chi connectivity index (χ3v) is 6.00. The molecule has 0 fully saturated rings. The molecular weight excluding hydrogens is 463 g/mol. The van der Waals surface area contributed by atoms with Gasteiger partial charge in [0.1, 0.15) is 11.1 Å². The summed E-state index contributed by atoms with van der Waals surface area (Å²) in [6, 6.07) is 7.86. The van der Waals surface area contributed by atoms with Gasteiger partial charge >= 0.3 is 0 Å². The SMILES string of the molecule is N#Cc1c(NC(=O)c2cc(I)ccc2Br)sc2c1CCC2. The Morgan fingerprint density at radius 1 is 1.43 bits per heavy atom. The number of amides is 1. The number of fused-ring (bicyclic) bond motifs is 1. The summed E-state index contributed by atoms with van der Waals surface area (Å²) in [7, 11) is 0. The van der Waals surface area contributed by atoms with Crippen LogP contribution >= 0.6 is 49.9 Å². The van der Waals surface area contributed by atoms with E-state index in [4.69, 9.17) is 0 Å². The molecule has 0 saturated heterocycles. The normalized spacial score (nSPS) is 12.8. The Morgan fingerprint density at radius 3 is 3.00 bits per heavy atom. The van der Waals surface area contributed by atoms with Crippen molar-refractivity contribution in [2.45, 2.75) is 19.3 Å². The average molecular weight is 473 g/mol. The number of nitriles is 1. The number of nitrogens with zero attached hydrogens (tertiary/aromatic N) is 1. The van der Waals surface area contributed by atoms with E-state index in [1.807, 2.05) is 18.2 Å². The van der Waals surface area contributed by atoms with Crippen LogP contribution in [-0.2, 0) is 12.8 Å². The van der Waals surface area contributed by atoms with Crippen molar-refractivity contribution in [3.05, 3.63) is 47.8 Å². The highest BCUT2D eigenvalue weighted by atomic mass is 127. The minimum atomic E-state index is -0.184. The molecule has 6 heteroatoms. The zero-order valence-electron chi connectivity index (χ0n) is 10.9. The van der Waals surface area contributed by atoms with Crippen LogP contribution in [0.4, 0.5) is 5.00 Å². The number of hydrogen-bond acceptors (Lipinski definition) is 3. The van der Waals surface area contributed by atoms with E-state index in [1.54, 1.807) is 0 Å². The zero-order valence-corrected chi connectivity index (χ0v) is 15.4. The van der Waals surface area contributed by atoms with Gasteiger partial charge in [0.15, 0.2) is 0 Å². The highest BCUT2D eigenvalue weighted by Gasteiger charge is 2.23. The number of hydrogen-bond donors (Lipinski definition) is 1. The number of carbonyl (C=O) groups is 1. The van der Waals surface area contributed by atoms with Gasteiger partial charge in [0.25, 0.3) is 5.91 Å². The van der Waals surface area contributed by atoms with Crippen molar-refractivity contribution < 1.29 is 4.79 Å². The van der Waals surface area contributed by atoms with Crippen LogP contribution in [0, 0.1) is 14.9 Å². The van der Waals surface area contributed by atoms with Crippen LogP contribution in [0.1, 0.15) is 32.8 Å². The standard InChI is InChI=1S/C15H10BrIN2OS/c16-12-5-4-8(17)6-10(12)14(20)19-15-11(7-18)9-2-1-3-13(9)21-15/h4-6H,1-3H2,(H,19,20). The fraction of sp³-hybridized carbons (Fsp3) is 0.200. The molecule has 106 valence electrons. The summed E-state index contributed by atoms with van der Waals surface area (Å²) in [5.41, 5.74) is 2.35. The summed E-state index contributed by atoms with van der Waals surface area (Å²) < 4.78 is 1.75. The average Bonchev–Trinajstić information content (AvgIpc) is 3.01. The van der Waals surface area contributed by atoms with Gasteiger partial charge in [-0.2, -0.15) is 5.26 Å². The van der Waals surface area contributed by atoms with Gasteiger partial charge in [0.05, 0.1) is 11.1 Å². The van der Waals surface area contributed by atoms with E-state index < -0.39 is 0 Å². The van der Waals surface area contributed by atoms with Gasteiger partial charge in [-0.05, 0) is 81.5 Å². The second kappa shape index (κ2) is 6.07. The van der Waals surface area contributed by atoms with Crippen LogP contribution in [0.3, 0.4) is 0 Å². The molecule has 3 nitrogen and oxygen atoms in total. The van der Waals surface area contributed by atoms with Crippen LogP contribution in [0.5, 0.6) is 0 Å². The number of nitrogens with one attached hydrogen (secondary N) is 1. The second-order valence-electron chi connectivity index (χ2n) is 4.75. The zero-order chi connectivity index (χ0) is 15.0. The van der Waals surface area contributed by atoms with Gasteiger partial charge < -0.3 is 5.32 Å². The first-order valence-electron chi connectivity index (χ1n) is 6.41. The molecule has 0 atom stereocenters. The molecule has 1 aliphatic rings. The van der Waals surface area contributed by atoms with Crippen LogP contribution < -0.4 is 5.32 Å². The summed E-state index contributed by atoms with van der Waals surface area (Å²) >= 11 is 7.11. The maximum Gasteiger partial charge on any atom is 0.257 e.